The van der Waals surface area contributed by atoms with Gasteiger partial charge in [0.1, 0.15) is 0 Å². The van der Waals surface area contributed by atoms with Gasteiger partial charge in [-0.1, -0.05) is 50.7 Å². The third kappa shape index (κ3) is 6.54. The highest BCUT2D eigenvalue weighted by Gasteiger charge is 2.20. The van der Waals surface area contributed by atoms with E-state index < -0.39 is 0 Å². The molecule has 1 aromatic rings. The Morgan fingerprint density at radius 3 is 2.32 bits per heavy atom. The zero-order valence-corrected chi connectivity index (χ0v) is 17.8. The SMILES string of the molecule is O=C(CSc1ccccc1C(=O)N1CCCCCCC1)NCC1CCCCC1. The summed E-state index contributed by atoms with van der Waals surface area (Å²) in [6.07, 6.45) is 12.3. The monoisotopic (exact) mass is 402 g/mol. The number of nitrogens with one attached hydrogen (secondary N) is 1. The van der Waals surface area contributed by atoms with Crippen molar-refractivity contribution in [2.45, 2.75) is 69.1 Å². The van der Waals surface area contributed by atoms with Gasteiger partial charge in [-0.15, -0.1) is 11.8 Å². The number of hydrogen-bond acceptors (Lipinski definition) is 3. The molecule has 0 unspecified atom stereocenters. The second kappa shape index (κ2) is 11.5. The standard InChI is InChI=1S/C23H34N2O2S/c26-22(24-17-19-11-5-4-6-12-19)18-28-21-14-8-7-13-20(21)23(27)25-15-9-2-1-3-10-16-25/h7-8,13-14,19H,1-6,9-12,15-18H2,(H,24,26). The summed E-state index contributed by atoms with van der Waals surface area (Å²) in [7, 11) is 0. The Labute approximate surface area is 173 Å². The third-order valence-electron chi connectivity index (χ3n) is 5.93. The Bertz CT molecular complexity index is 635. The maximum atomic E-state index is 13.1. The molecule has 28 heavy (non-hydrogen) atoms. The van der Waals surface area contributed by atoms with E-state index in [4.69, 9.17) is 0 Å². The van der Waals surface area contributed by atoms with E-state index in [-0.39, 0.29) is 11.8 Å². The third-order valence-corrected chi connectivity index (χ3v) is 7.01. The van der Waals surface area contributed by atoms with Gasteiger partial charge in [0.2, 0.25) is 5.91 Å². The first-order chi connectivity index (χ1) is 13.7. The number of thioether (sulfide) groups is 1. The van der Waals surface area contributed by atoms with Gasteiger partial charge in [0.05, 0.1) is 11.3 Å². The first kappa shape index (κ1) is 21.2. The molecular weight excluding hydrogens is 368 g/mol. The lowest BCUT2D eigenvalue weighted by molar-refractivity contribution is -0.118. The van der Waals surface area contributed by atoms with Crippen molar-refractivity contribution in [1.29, 1.82) is 0 Å². The number of amides is 2. The van der Waals surface area contributed by atoms with Crippen molar-refractivity contribution < 1.29 is 9.59 Å². The van der Waals surface area contributed by atoms with Crippen LogP contribution in [0.3, 0.4) is 0 Å². The number of carbonyl (C=O) groups is 2. The topological polar surface area (TPSA) is 49.4 Å². The maximum absolute atomic E-state index is 13.1. The second-order valence-electron chi connectivity index (χ2n) is 8.15. The molecule has 2 amide bonds. The molecule has 1 saturated heterocycles. The Hall–Kier alpha value is -1.49. The molecule has 154 valence electrons. The summed E-state index contributed by atoms with van der Waals surface area (Å²) in [5, 5.41) is 3.09. The van der Waals surface area contributed by atoms with Gasteiger partial charge in [-0.2, -0.15) is 0 Å². The summed E-state index contributed by atoms with van der Waals surface area (Å²) < 4.78 is 0. The minimum atomic E-state index is 0.0732. The summed E-state index contributed by atoms with van der Waals surface area (Å²) in [5.74, 6) is 1.21. The molecule has 0 radical (unpaired) electrons. The molecule has 3 rings (SSSR count). The molecule has 0 spiro atoms. The van der Waals surface area contributed by atoms with Gasteiger partial charge in [-0.3, -0.25) is 9.59 Å². The fourth-order valence-corrected chi connectivity index (χ4v) is 5.11. The molecule has 4 nitrogen and oxygen atoms in total. The molecule has 0 atom stereocenters. The van der Waals surface area contributed by atoms with Crippen LogP contribution in [0.1, 0.15) is 74.6 Å². The van der Waals surface area contributed by atoms with Crippen LogP contribution in [0, 0.1) is 5.92 Å². The van der Waals surface area contributed by atoms with Crippen LogP contribution in [-0.4, -0.2) is 42.1 Å². The lowest BCUT2D eigenvalue weighted by Gasteiger charge is -2.25. The highest BCUT2D eigenvalue weighted by Crippen LogP contribution is 2.25. The van der Waals surface area contributed by atoms with Crippen molar-refractivity contribution in [2.75, 3.05) is 25.4 Å². The van der Waals surface area contributed by atoms with Crippen LogP contribution in [-0.2, 0) is 4.79 Å². The predicted octanol–water partition coefficient (Wildman–Crippen LogP) is 4.88. The number of hydrogen-bond donors (Lipinski definition) is 1. The van der Waals surface area contributed by atoms with Gasteiger partial charge in [-0.25, -0.2) is 0 Å². The molecule has 0 aromatic heterocycles. The summed E-state index contributed by atoms with van der Waals surface area (Å²) in [5.41, 5.74) is 0.744. The van der Waals surface area contributed by atoms with E-state index in [1.165, 1.54) is 63.1 Å². The molecule has 2 aliphatic rings. The van der Waals surface area contributed by atoms with E-state index in [1.54, 1.807) is 0 Å². The molecule has 1 aliphatic heterocycles. The number of likely N-dealkylation sites (tertiary alicyclic amines) is 1. The molecule has 0 bridgehead atoms. The summed E-state index contributed by atoms with van der Waals surface area (Å²) in [4.78, 5) is 28.3. The Morgan fingerprint density at radius 1 is 0.929 bits per heavy atom. The first-order valence-electron chi connectivity index (χ1n) is 11.0. The van der Waals surface area contributed by atoms with E-state index in [9.17, 15) is 9.59 Å². The molecule has 1 aliphatic carbocycles. The highest BCUT2D eigenvalue weighted by atomic mass is 32.2. The smallest absolute Gasteiger partial charge is 0.254 e. The number of benzene rings is 1. The summed E-state index contributed by atoms with van der Waals surface area (Å²) in [6.45, 7) is 2.49. The second-order valence-corrected chi connectivity index (χ2v) is 9.17. The fourth-order valence-electron chi connectivity index (χ4n) is 4.23. The average molecular weight is 403 g/mol. The minimum Gasteiger partial charge on any atom is -0.355 e. The highest BCUT2D eigenvalue weighted by molar-refractivity contribution is 8.00. The van der Waals surface area contributed by atoms with Crippen molar-refractivity contribution in [3.8, 4) is 0 Å². The van der Waals surface area contributed by atoms with Crippen LogP contribution >= 0.6 is 11.8 Å². The average Bonchev–Trinajstić information content (AvgIpc) is 2.71. The first-order valence-corrected chi connectivity index (χ1v) is 12.0. The predicted molar refractivity (Wildman–Crippen MR) is 116 cm³/mol. The molecule has 1 heterocycles. The van der Waals surface area contributed by atoms with Crippen molar-refractivity contribution >= 4 is 23.6 Å². The number of rotatable bonds is 6. The molecule has 1 N–H and O–H groups in total. The van der Waals surface area contributed by atoms with Crippen LogP contribution in [0.15, 0.2) is 29.2 Å². The van der Waals surface area contributed by atoms with Gasteiger partial charge < -0.3 is 10.2 Å². The number of nitrogens with zero attached hydrogens (tertiary/aromatic N) is 1. The molecule has 1 aromatic carbocycles. The normalized spacial score (nSPS) is 18.9. The lowest BCUT2D eigenvalue weighted by atomic mass is 9.89. The van der Waals surface area contributed by atoms with E-state index in [1.807, 2.05) is 29.2 Å². The van der Waals surface area contributed by atoms with Gasteiger partial charge in [0, 0.05) is 24.5 Å². The van der Waals surface area contributed by atoms with Crippen LogP contribution in [0.2, 0.25) is 0 Å². The van der Waals surface area contributed by atoms with Crippen LogP contribution in [0.25, 0.3) is 0 Å². The van der Waals surface area contributed by atoms with E-state index in [2.05, 4.69) is 5.32 Å². The molecule has 5 heteroatoms. The van der Waals surface area contributed by atoms with Gasteiger partial charge >= 0.3 is 0 Å². The Morgan fingerprint density at radius 2 is 1.57 bits per heavy atom. The summed E-state index contributed by atoms with van der Waals surface area (Å²) in [6, 6.07) is 7.75. The van der Waals surface area contributed by atoms with Gasteiger partial charge in [-0.05, 0) is 43.7 Å². The zero-order valence-electron chi connectivity index (χ0n) is 17.0. The van der Waals surface area contributed by atoms with Crippen molar-refractivity contribution in [2.24, 2.45) is 5.92 Å². The van der Waals surface area contributed by atoms with Crippen molar-refractivity contribution in [1.82, 2.24) is 10.2 Å². The van der Waals surface area contributed by atoms with Gasteiger partial charge in [0.25, 0.3) is 5.91 Å². The quantitative estimate of drug-likeness (QED) is 0.690. The molecule has 2 fully saturated rings. The van der Waals surface area contributed by atoms with Crippen LogP contribution in [0.4, 0.5) is 0 Å². The van der Waals surface area contributed by atoms with E-state index in [0.717, 1.165) is 42.9 Å². The largest absolute Gasteiger partial charge is 0.355 e. The van der Waals surface area contributed by atoms with Crippen LogP contribution in [0.5, 0.6) is 0 Å². The molecule has 1 saturated carbocycles. The maximum Gasteiger partial charge on any atom is 0.254 e. The summed E-state index contributed by atoms with van der Waals surface area (Å²) >= 11 is 1.48. The van der Waals surface area contributed by atoms with E-state index in [0.29, 0.717) is 11.7 Å². The Balaban J connectivity index is 1.52. The van der Waals surface area contributed by atoms with Crippen molar-refractivity contribution in [3.05, 3.63) is 29.8 Å². The van der Waals surface area contributed by atoms with Crippen LogP contribution < -0.4 is 5.32 Å². The fraction of sp³-hybridized carbons (Fsp3) is 0.652. The zero-order chi connectivity index (χ0) is 19.6. The minimum absolute atomic E-state index is 0.0732. The van der Waals surface area contributed by atoms with Gasteiger partial charge in [0.15, 0.2) is 0 Å². The molecular formula is C23H34N2O2S. The van der Waals surface area contributed by atoms with Crippen molar-refractivity contribution in [3.63, 3.8) is 0 Å². The Kier molecular flexibility index (Phi) is 8.71. The number of carbonyl (C=O) groups excluding carboxylic acids is 2. The van der Waals surface area contributed by atoms with E-state index >= 15 is 0 Å². The lowest BCUT2D eigenvalue weighted by Crippen LogP contribution is -2.34.